The number of aliphatic hydroxyl groups excluding tert-OH is 1. The van der Waals surface area contributed by atoms with Crippen molar-refractivity contribution in [1.29, 1.82) is 5.26 Å². The van der Waals surface area contributed by atoms with Crippen molar-refractivity contribution < 1.29 is 5.11 Å². The quantitative estimate of drug-likeness (QED) is 0.937. The number of nitrogens with zero attached hydrogens (tertiary/aromatic N) is 3. The fourth-order valence-electron chi connectivity index (χ4n) is 3.33. The van der Waals surface area contributed by atoms with Crippen molar-refractivity contribution in [3.8, 4) is 6.07 Å². The first-order valence-corrected chi connectivity index (χ1v) is 7.42. The molecule has 1 aliphatic carbocycles. The molecule has 4 heteroatoms. The van der Waals surface area contributed by atoms with E-state index in [-0.39, 0.29) is 0 Å². The van der Waals surface area contributed by atoms with E-state index in [1.165, 1.54) is 5.56 Å². The van der Waals surface area contributed by atoms with Crippen LogP contribution in [0, 0.1) is 11.3 Å². The minimum atomic E-state index is -0.859. The fraction of sp³-hybridized carbons (Fsp3) is 0.412. The molecule has 1 aromatic carbocycles. The Kier molecular flexibility index (Phi) is 3.52. The van der Waals surface area contributed by atoms with Gasteiger partial charge in [-0.25, -0.2) is 0 Å². The second-order valence-electron chi connectivity index (χ2n) is 5.62. The molecule has 0 saturated heterocycles. The van der Waals surface area contributed by atoms with E-state index in [4.69, 9.17) is 0 Å². The topological polar surface area (TPSA) is 61.8 Å². The zero-order valence-corrected chi connectivity index (χ0v) is 12.2. The number of aliphatic hydroxyl groups is 1. The maximum Gasteiger partial charge on any atom is 0.118 e. The van der Waals surface area contributed by atoms with Crippen LogP contribution >= 0.6 is 0 Å². The van der Waals surface area contributed by atoms with E-state index in [0.717, 1.165) is 30.6 Å². The van der Waals surface area contributed by atoms with Crippen LogP contribution in [0.1, 0.15) is 42.7 Å². The molecule has 4 nitrogen and oxygen atoms in total. The van der Waals surface area contributed by atoms with E-state index in [0.29, 0.717) is 6.42 Å². The largest absolute Gasteiger partial charge is 0.385 e. The van der Waals surface area contributed by atoms with Crippen molar-refractivity contribution >= 4 is 0 Å². The minimum Gasteiger partial charge on any atom is -0.385 e. The molecule has 0 fully saturated rings. The predicted molar refractivity (Wildman–Crippen MR) is 79.5 cm³/mol. The molecule has 0 spiro atoms. The third kappa shape index (κ3) is 2.05. The van der Waals surface area contributed by atoms with Gasteiger partial charge in [0.2, 0.25) is 0 Å². The lowest BCUT2D eigenvalue weighted by Gasteiger charge is -2.28. The highest BCUT2D eigenvalue weighted by molar-refractivity contribution is 5.46. The minimum absolute atomic E-state index is 0.654. The summed E-state index contributed by atoms with van der Waals surface area (Å²) in [6, 6.07) is 12.2. The van der Waals surface area contributed by atoms with Gasteiger partial charge in [0.25, 0.3) is 0 Å². The first-order valence-electron chi connectivity index (χ1n) is 7.42. The molecule has 1 N–H and O–H groups in total. The SMILES string of the molecule is CCCn1nccc1C(O)C1(C#N)CCc2ccccc21. The van der Waals surface area contributed by atoms with Gasteiger partial charge in [0.15, 0.2) is 0 Å². The summed E-state index contributed by atoms with van der Waals surface area (Å²) < 4.78 is 1.81. The summed E-state index contributed by atoms with van der Waals surface area (Å²) in [6.07, 6.45) is 3.28. The van der Waals surface area contributed by atoms with Gasteiger partial charge in [-0.05, 0) is 36.5 Å². The standard InChI is InChI=1S/C17H19N3O/c1-2-11-20-15(8-10-19-20)16(21)17(12-18)9-7-13-5-3-4-6-14(13)17/h3-6,8,10,16,21H,2,7,9,11H2,1H3. The monoisotopic (exact) mass is 281 g/mol. The summed E-state index contributed by atoms with van der Waals surface area (Å²) in [4.78, 5) is 0. The Labute approximate surface area is 124 Å². The Morgan fingerprint density at radius 3 is 3.00 bits per heavy atom. The third-order valence-electron chi connectivity index (χ3n) is 4.42. The fourth-order valence-corrected chi connectivity index (χ4v) is 3.33. The van der Waals surface area contributed by atoms with Gasteiger partial charge in [0, 0.05) is 12.7 Å². The lowest BCUT2D eigenvalue weighted by Crippen LogP contribution is -2.31. The number of hydrogen-bond donors (Lipinski definition) is 1. The van der Waals surface area contributed by atoms with E-state index >= 15 is 0 Å². The number of rotatable bonds is 4. The van der Waals surface area contributed by atoms with Gasteiger partial charge in [0.05, 0.1) is 11.8 Å². The second kappa shape index (κ2) is 5.34. The van der Waals surface area contributed by atoms with Gasteiger partial charge in [0.1, 0.15) is 11.5 Å². The van der Waals surface area contributed by atoms with Crippen molar-refractivity contribution in [1.82, 2.24) is 9.78 Å². The van der Waals surface area contributed by atoms with Crippen molar-refractivity contribution in [2.75, 3.05) is 0 Å². The van der Waals surface area contributed by atoms with Crippen molar-refractivity contribution in [2.24, 2.45) is 0 Å². The van der Waals surface area contributed by atoms with E-state index in [1.54, 1.807) is 6.20 Å². The Bertz CT molecular complexity index is 685. The zero-order chi connectivity index (χ0) is 14.9. The first-order chi connectivity index (χ1) is 10.2. The molecular weight excluding hydrogens is 262 g/mol. The number of fused-ring (bicyclic) bond motifs is 1. The van der Waals surface area contributed by atoms with E-state index in [1.807, 2.05) is 35.0 Å². The number of aromatic nitrogens is 2. The van der Waals surface area contributed by atoms with Crippen LogP contribution in [-0.4, -0.2) is 14.9 Å². The molecule has 2 aromatic rings. The summed E-state index contributed by atoms with van der Waals surface area (Å²) >= 11 is 0. The number of nitriles is 1. The molecule has 3 rings (SSSR count). The van der Waals surface area contributed by atoms with Crippen molar-refractivity contribution in [3.63, 3.8) is 0 Å². The number of benzene rings is 1. The lowest BCUT2D eigenvalue weighted by atomic mass is 9.77. The normalized spacial score (nSPS) is 21.8. The average molecular weight is 281 g/mol. The Balaban J connectivity index is 2.05. The average Bonchev–Trinajstić information content (AvgIpc) is 3.12. The van der Waals surface area contributed by atoms with Crippen molar-refractivity contribution in [2.45, 2.75) is 44.2 Å². The van der Waals surface area contributed by atoms with Crippen LogP contribution in [0.3, 0.4) is 0 Å². The van der Waals surface area contributed by atoms with E-state index in [9.17, 15) is 10.4 Å². The molecule has 1 aromatic heterocycles. The van der Waals surface area contributed by atoms with Crippen LogP contribution in [0.15, 0.2) is 36.5 Å². The third-order valence-corrected chi connectivity index (χ3v) is 4.42. The number of hydrogen-bond acceptors (Lipinski definition) is 3. The summed E-state index contributed by atoms with van der Waals surface area (Å²) in [5.41, 5.74) is 2.00. The predicted octanol–water partition coefficient (Wildman–Crippen LogP) is 2.73. The molecule has 21 heavy (non-hydrogen) atoms. The molecule has 0 saturated carbocycles. The highest BCUT2D eigenvalue weighted by atomic mass is 16.3. The molecule has 0 aliphatic heterocycles. The molecule has 0 amide bonds. The maximum absolute atomic E-state index is 10.9. The van der Waals surface area contributed by atoms with Gasteiger partial charge >= 0.3 is 0 Å². The Morgan fingerprint density at radius 1 is 1.43 bits per heavy atom. The highest BCUT2D eigenvalue weighted by Gasteiger charge is 2.46. The van der Waals surface area contributed by atoms with Gasteiger partial charge in [-0.15, -0.1) is 0 Å². The molecule has 0 radical (unpaired) electrons. The highest BCUT2D eigenvalue weighted by Crippen LogP contribution is 2.46. The molecule has 0 bridgehead atoms. The molecule has 1 heterocycles. The van der Waals surface area contributed by atoms with Crippen LogP contribution in [0.25, 0.3) is 0 Å². The van der Waals surface area contributed by atoms with Crippen molar-refractivity contribution in [3.05, 3.63) is 53.3 Å². The summed E-state index contributed by atoms with van der Waals surface area (Å²) in [6.45, 7) is 2.82. The van der Waals surface area contributed by atoms with Gasteiger partial charge < -0.3 is 5.11 Å². The zero-order valence-electron chi connectivity index (χ0n) is 12.2. The lowest BCUT2D eigenvalue weighted by molar-refractivity contribution is 0.101. The van der Waals surface area contributed by atoms with Crippen LogP contribution < -0.4 is 0 Å². The Morgan fingerprint density at radius 2 is 2.24 bits per heavy atom. The van der Waals surface area contributed by atoms with Crippen LogP contribution in [0.5, 0.6) is 0 Å². The summed E-state index contributed by atoms with van der Waals surface area (Å²) in [7, 11) is 0. The van der Waals surface area contributed by atoms with Crippen LogP contribution in [0.4, 0.5) is 0 Å². The Hall–Kier alpha value is -2.12. The summed E-state index contributed by atoms with van der Waals surface area (Å²) in [5, 5.41) is 25.0. The van der Waals surface area contributed by atoms with Gasteiger partial charge in [-0.1, -0.05) is 31.2 Å². The second-order valence-corrected chi connectivity index (χ2v) is 5.62. The summed E-state index contributed by atoms with van der Waals surface area (Å²) in [5.74, 6) is 0. The van der Waals surface area contributed by atoms with Crippen LogP contribution in [-0.2, 0) is 18.4 Å². The molecule has 2 unspecified atom stereocenters. The molecule has 2 atom stereocenters. The molecule has 1 aliphatic rings. The maximum atomic E-state index is 10.9. The molecule has 108 valence electrons. The van der Waals surface area contributed by atoms with E-state index < -0.39 is 11.5 Å². The van der Waals surface area contributed by atoms with E-state index in [2.05, 4.69) is 18.1 Å². The van der Waals surface area contributed by atoms with Gasteiger partial charge in [-0.2, -0.15) is 10.4 Å². The first kappa shape index (κ1) is 13.8. The van der Waals surface area contributed by atoms with Gasteiger partial charge in [-0.3, -0.25) is 4.68 Å². The number of aryl methyl sites for hydroxylation is 2. The van der Waals surface area contributed by atoms with Crippen LogP contribution in [0.2, 0.25) is 0 Å². The molecular formula is C17H19N3O. The smallest absolute Gasteiger partial charge is 0.118 e.